The maximum atomic E-state index is 13.5. The van der Waals surface area contributed by atoms with Crippen molar-refractivity contribution >= 4 is 38.0 Å². The zero-order valence-corrected chi connectivity index (χ0v) is 25.0. The van der Waals surface area contributed by atoms with Crippen LogP contribution >= 0.6 is 0 Å². The Morgan fingerprint density at radius 2 is 1.78 bits per heavy atom. The second kappa shape index (κ2) is 10.9. The molecule has 12 heteroatoms. The molecular weight excluding hydrogens is 542 g/mol. The van der Waals surface area contributed by atoms with E-state index in [1.165, 1.54) is 4.52 Å². The molecule has 1 amide bonds. The Balaban J connectivity index is 1.36. The van der Waals surface area contributed by atoms with Gasteiger partial charge in [0.05, 0.1) is 22.3 Å². The Hall–Kier alpha value is -3.77. The second-order valence-electron chi connectivity index (χ2n) is 12.0. The van der Waals surface area contributed by atoms with Crippen molar-refractivity contribution in [2.45, 2.75) is 51.0 Å². The van der Waals surface area contributed by atoms with E-state index < -0.39 is 15.4 Å². The molecule has 2 N–H and O–H groups in total. The van der Waals surface area contributed by atoms with Gasteiger partial charge in [-0.15, -0.1) is 5.10 Å². The highest BCUT2D eigenvalue weighted by Gasteiger charge is 2.28. The molecule has 41 heavy (non-hydrogen) atoms. The van der Waals surface area contributed by atoms with Gasteiger partial charge >= 0.3 is 0 Å². The van der Waals surface area contributed by atoms with Gasteiger partial charge in [0.25, 0.3) is 5.56 Å². The summed E-state index contributed by atoms with van der Waals surface area (Å²) >= 11 is 0. The first-order valence-electron chi connectivity index (χ1n) is 13.8. The summed E-state index contributed by atoms with van der Waals surface area (Å²) in [6.45, 7) is 14.0. The molecule has 0 saturated carbocycles. The van der Waals surface area contributed by atoms with Crippen LogP contribution in [0, 0.1) is 19.3 Å². The molecule has 0 radical (unpaired) electrons. The molecule has 11 nitrogen and oxygen atoms in total. The first-order valence-corrected chi connectivity index (χ1v) is 15.3. The fraction of sp³-hybridized carbons (Fsp3) is 0.448. The second-order valence-corrected chi connectivity index (χ2v) is 13.8. The Bertz CT molecular complexity index is 1780. The molecule has 0 aliphatic carbocycles. The molecule has 1 aliphatic heterocycles. The molecule has 218 valence electrons. The van der Waals surface area contributed by atoms with Crippen LogP contribution in [0.4, 0.5) is 5.69 Å². The Morgan fingerprint density at radius 1 is 1.05 bits per heavy atom. The van der Waals surface area contributed by atoms with Gasteiger partial charge in [-0.2, -0.15) is 4.98 Å². The standard InChI is InChI=1S/C29H37N7O4S/c1-19-6-9-24(20(2)16-19)41(39,40)28-26-31-27(38)22-8-7-21(17-23(22)36(26)33-32-28)35-14-12-34(13-15-35)18-25(37)30-11-10-29(3,4)5/h6-9,16-17,33H,10-15,18H2,1-5H3,(H,30,37). The number of benzene rings is 2. The zero-order chi connectivity index (χ0) is 29.5. The van der Waals surface area contributed by atoms with Gasteiger partial charge in [-0.05, 0) is 55.5 Å². The number of sulfone groups is 1. The first kappa shape index (κ1) is 28.7. The largest absolute Gasteiger partial charge is 0.369 e. The van der Waals surface area contributed by atoms with Gasteiger partial charge in [-0.25, -0.2) is 18.1 Å². The monoisotopic (exact) mass is 579 g/mol. The normalized spacial score (nSPS) is 15.1. The number of aromatic amines is 1. The van der Waals surface area contributed by atoms with Crippen molar-refractivity contribution in [2.24, 2.45) is 5.41 Å². The van der Waals surface area contributed by atoms with Crippen LogP contribution in [0.1, 0.15) is 38.3 Å². The lowest BCUT2D eigenvalue weighted by atomic mass is 9.92. The number of hydrogen-bond donors (Lipinski definition) is 2. The summed E-state index contributed by atoms with van der Waals surface area (Å²) < 4.78 is 28.5. The van der Waals surface area contributed by atoms with E-state index in [0.717, 1.165) is 30.8 Å². The molecular formula is C29H37N7O4S. The van der Waals surface area contributed by atoms with Crippen LogP contribution in [0.2, 0.25) is 0 Å². The lowest BCUT2D eigenvalue weighted by molar-refractivity contribution is -0.122. The minimum Gasteiger partial charge on any atom is -0.369 e. The van der Waals surface area contributed by atoms with Gasteiger partial charge < -0.3 is 10.2 Å². The molecule has 2 aromatic heterocycles. The number of H-pyrrole nitrogens is 1. The number of aryl methyl sites for hydroxylation is 2. The number of aromatic nitrogens is 4. The van der Waals surface area contributed by atoms with E-state index in [4.69, 9.17) is 0 Å². The average Bonchev–Trinajstić information content (AvgIpc) is 3.33. The van der Waals surface area contributed by atoms with Crippen LogP contribution in [0.5, 0.6) is 0 Å². The summed E-state index contributed by atoms with van der Waals surface area (Å²) in [6, 6.07) is 10.5. The fourth-order valence-corrected chi connectivity index (χ4v) is 6.66. The lowest BCUT2D eigenvalue weighted by Gasteiger charge is -2.35. The van der Waals surface area contributed by atoms with E-state index in [-0.39, 0.29) is 26.9 Å². The number of amides is 1. The molecule has 1 aliphatic rings. The number of nitrogens with one attached hydrogen (secondary N) is 2. The van der Waals surface area contributed by atoms with Crippen LogP contribution in [-0.4, -0.2) is 78.3 Å². The molecule has 1 fully saturated rings. The van der Waals surface area contributed by atoms with E-state index in [2.05, 4.69) is 51.2 Å². The molecule has 3 heterocycles. The maximum Gasteiger partial charge on any atom is 0.281 e. The predicted molar refractivity (Wildman–Crippen MR) is 158 cm³/mol. The number of piperazine rings is 1. The minimum absolute atomic E-state index is 0.0357. The summed E-state index contributed by atoms with van der Waals surface area (Å²) in [5.74, 6) is 0.0357. The first-order chi connectivity index (χ1) is 19.3. The summed E-state index contributed by atoms with van der Waals surface area (Å²) in [5.41, 5.74) is 2.54. The third kappa shape index (κ3) is 5.98. The molecule has 0 spiro atoms. The van der Waals surface area contributed by atoms with E-state index in [1.54, 1.807) is 31.2 Å². The number of fused-ring (bicyclic) bond motifs is 3. The van der Waals surface area contributed by atoms with Crippen molar-refractivity contribution in [3.63, 3.8) is 0 Å². The Labute approximate surface area is 239 Å². The number of rotatable bonds is 7. The van der Waals surface area contributed by atoms with Gasteiger partial charge in [0.15, 0.2) is 5.65 Å². The molecule has 2 aromatic carbocycles. The highest BCUT2D eigenvalue weighted by molar-refractivity contribution is 7.91. The SMILES string of the molecule is Cc1ccc(S(=O)(=O)c2n[nH]n3c2nc(=O)c2ccc(N4CCN(CC(=O)NCCC(C)(C)C)CC4)cc23)c(C)c1. The van der Waals surface area contributed by atoms with Crippen molar-refractivity contribution in [3.05, 3.63) is 57.9 Å². The number of anilines is 1. The summed E-state index contributed by atoms with van der Waals surface area (Å²) in [4.78, 5) is 33.9. The molecule has 4 aromatic rings. The fourth-order valence-electron chi connectivity index (χ4n) is 5.18. The van der Waals surface area contributed by atoms with Crippen molar-refractivity contribution in [1.82, 2.24) is 30.0 Å². The van der Waals surface area contributed by atoms with Crippen LogP contribution in [0.3, 0.4) is 0 Å². The summed E-state index contributed by atoms with van der Waals surface area (Å²) in [5, 5.41) is 9.95. The van der Waals surface area contributed by atoms with Gasteiger partial charge in [-0.3, -0.25) is 14.5 Å². The summed E-state index contributed by atoms with van der Waals surface area (Å²) in [6.07, 6.45) is 0.926. The minimum atomic E-state index is -4.03. The lowest BCUT2D eigenvalue weighted by Crippen LogP contribution is -2.49. The summed E-state index contributed by atoms with van der Waals surface area (Å²) in [7, 11) is -4.03. The maximum absolute atomic E-state index is 13.5. The van der Waals surface area contributed by atoms with Gasteiger partial charge in [0, 0.05) is 38.4 Å². The van der Waals surface area contributed by atoms with Crippen LogP contribution in [0.15, 0.2) is 51.1 Å². The van der Waals surface area contributed by atoms with Gasteiger partial charge in [0.1, 0.15) is 0 Å². The Morgan fingerprint density at radius 3 is 2.46 bits per heavy atom. The van der Waals surface area contributed by atoms with Crippen LogP contribution in [0.25, 0.3) is 16.6 Å². The molecule has 0 unspecified atom stereocenters. The third-order valence-corrected chi connectivity index (χ3v) is 9.31. The zero-order valence-electron chi connectivity index (χ0n) is 24.2. The van der Waals surface area contributed by atoms with Crippen molar-refractivity contribution in [2.75, 3.05) is 44.2 Å². The highest BCUT2D eigenvalue weighted by Crippen LogP contribution is 2.27. The highest BCUT2D eigenvalue weighted by atomic mass is 32.2. The van der Waals surface area contributed by atoms with E-state index in [1.807, 2.05) is 19.1 Å². The predicted octanol–water partition coefficient (Wildman–Crippen LogP) is 2.69. The van der Waals surface area contributed by atoms with Gasteiger partial charge in [-0.1, -0.05) is 38.5 Å². The van der Waals surface area contributed by atoms with Gasteiger partial charge in [0.2, 0.25) is 20.8 Å². The molecule has 0 bridgehead atoms. The van der Waals surface area contributed by atoms with E-state index in [0.29, 0.717) is 42.6 Å². The van der Waals surface area contributed by atoms with Crippen molar-refractivity contribution in [3.8, 4) is 0 Å². The number of hydrogen-bond acceptors (Lipinski definition) is 8. The smallest absolute Gasteiger partial charge is 0.281 e. The van der Waals surface area contributed by atoms with Crippen LogP contribution in [-0.2, 0) is 14.6 Å². The van der Waals surface area contributed by atoms with Crippen molar-refractivity contribution in [1.29, 1.82) is 0 Å². The number of nitrogens with zero attached hydrogens (tertiary/aromatic N) is 5. The van der Waals surface area contributed by atoms with Crippen LogP contribution < -0.4 is 15.8 Å². The molecule has 5 rings (SSSR count). The molecule has 0 atom stereocenters. The quantitative estimate of drug-likeness (QED) is 0.342. The van der Waals surface area contributed by atoms with E-state index >= 15 is 0 Å². The number of carbonyl (C=O) groups is 1. The average molecular weight is 580 g/mol. The Kier molecular flexibility index (Phi) is 7.64. The third-order valence-electron chi connectivity index (χ3n) is 7.49. The van der Waals surface area contributed by atoms with Crippen molar-refractivity contribution < 1.29 is 13.2 Å². The topological polar surface area (TPSA) is 133 Å². The van der Waals surface area contributed by atoms with E-state index in [9.17, 15) is 18.0 Å². The molecule has 1 saturated heterocycles. The number of carbonyl (C=O) groups excluding carboxylic acids is 1.